The summed E-state index contributed by atoms with van der Waals surface area (Å²) in [5, 5.41) is 12.8. The number of nitrogens with zero attached hydrogens (tertiary/aromatic N) is 4. The number of aromatic nitrogens is 2. The van der Waals surface area contributed by atoms with Gasteiger partial charge >= 0.3 is 0 Å². The smallest absolute Gasteiger partial charge is 0.231 e. The number of rotatable bonds is 3. The lowest BCUT2D eigenvalue weighted by atomic mass is 10.2. The Balaban J connectivity index is 1.67. The summed E-state index contributed by atoms with van der Waals surface area (Å²) in [5.74, 6) is 1.39. The number of hydrogen-bond donors (Lipinski definition) is 0. The highest BCUT2D eigenvalue weighted by molar-refractivity contribution is 5.15. The lowest BCUT2D eigenvalue weighted by Crippen LogP contribution is -2.42. The largest absolute Gasteiger partial charge is 0.367 e. The molecule has 1 saturated carbocycles. The van der Waals surface area contributed by atoms with Gasteiger partial charge in [-0.1, -0.05) is 5.16 Å². The standard InChI is InChI=1S/C13H18N4O2/c1-8(2)17-3-4-18-11(7-17)12-15-13(19-16-12)10-5-9(10)6-14/h8-11H,3-5,7H2,1-2H3. The molecule has 0 amide bonds. The van der Waals surface area contributed by atoms with Crippen LogP contribution in [0.1, 0.15) is 44.0 Å². The van der Waals surface area contributed by atoms with Crippen molar-refractivity contribution in [1.82, 2.24) is 15.0 Å². The van der Waals surface area contributed by atoms with E-state index in [1.165, 1.54) is 0 Å². The lowest BCUT2D eigenvalue weighted by molar-refractivity contribution is -0.0450. The molecule has 1 aromatic heterocycles. The lowest BCUT2D eigenvalue weighted by Gasteiger charge is -2.34. The average Bonchev–Trinajstić information content (AvgIpc) is 3.06. The van der Waals surface area contributed by atoms with Crippen molar-refractivity contribution in [2.24, 2.45) is 5.92 Å². The van der Waals surface area contributed by atoms with Crippen LogP contribution < -0.4 is 0 Å². The van der Waals surface area contributed by atoms with Gasteiger partial charge in [-0.25, -0.2) is 0 Å². The Morgan fingerprint density at radius 2 is 2.32 bits per heavy atom. The summed E-state index contributed by atoms with van der Waals surface area (Å²) in [7, 11) is 0. The van der Waals surface area contributed by atoms with E-state index in [1.54, 1.807) is 0 Å². The second-order valence-corrected chi connectivity index (χ2v) is 5.52. The molecule has 2 fully saturated rings. The molecule has 19 heavy (non-hydrogen) atoms. The van der Waals surface area contributed by atoms with E-state index in [1.807, 2.05) is 0 Å². The molecule has 2 heterocycles. The summed E-state index contributed by atoms with van der Waals surface area (Å²) in [6.07, 6.45) is 0.717. The zero-order valence-corrected chi connectivity index (χ0v) is 11.2. The van der Waals surface area contributed by atoms with Crippen LogP contribution in [0.2, 0.25) is 0 Å². The summed E-state index contributed by atoms with van der Waals surface area (Å²) in [6.45, 7) is 6.77. The van der Waals surface area contributed by atoms with E-state index < -0.39 is 0 Å². The van der Waals surface area contributed by atoms with Gasteiger partial charge in [0.1, 0.15) is 6.10 Å². The van der Waals surface area contributed by atoms with Gasteiger partial charge in [0.05, 0.1) is 24.5 Å². The number of hydrogen-bond acceptors (Lipinski definition) is 6. The van der Waals surface area contributed by atoms with Gasteiger partial charge in [-0.15, -0.1) is 0 Å². The fourth-order valence-electron chi connectivity index (χ4n) is 2.43. The molecule has 1 aromatic rings. The van der Waals surface area contributed by atoms with Gasteiger partial charge in [-0.3, -0.25) is 4.90 Å². The highest BCUT2D eigenvalue weighted by Gasteiger charge is 2.43. The van der Waals surface area contributed by atoms with Crippen molar-refractivity contribution in [1.29, 1.82) is 5.26 Å². The van der Waals surface area contributed by atoms with Gasteiger partial charge in [-0.05, 0) is 20.3 Å². The van der Waals surface area contributed by atoms with E-state index in [-0.39, 0.29) is 17.9 Å². The Labute approximate surface area is 112 Å². The molecule has 0 spiro atoms. The number of ether oxygens (including phenoxy) is 1. The quantitative estimate of drug-likeness (QED) is 0.821. The number of nitriles is 1. The van der Waals surface area contributed by atoms with Crippen LogP contribution >= 0.6 is 0 Å². The second kappa shape index (κ2) is 4.91. The minimum atomic E-state index is -0.118. The molecule has 0 aromatic carbocycles. The van der Waals surface area contributed by atoms with Gasteiger partial charge in [0.2, 0.25) is 11.7 Å². The van der Waals surface area contributed by atoms with Crippen LogP contribution in [0.25, 0.3) is 0 Å². The molecule has 2 aliphatic rings. The van der Waals surface area contributed by atoms with Gasteiger partial charge in [0.15, 0.2) is 0 Å². The average molecular weight is 262 g/mol. The van der Waals surface area contributed by atoms with Crippen LogP contribution in [0, 0.1) is 17.2 Å². The van der Waals surface area contributed by atoms with Gasteiger partial charge in [-0.2, -0.15) is 10.2 Å². The maximum Gasteiger partial charge on any atom is 0.231 e. The topological polar surface area (TPSA) is 75.2 Å². The molecule has 1 aliphatic heterocycles. The van der Waals surface area contributed by atoms with Crippen molar-refractivity contribution >= 4 is 0 Å². The molecule has 6 heteroatoms. The van der Waals surface area contributed by atoms with Crippen LogP contribution in [0.5, 0.6) is 0 Å². The zero-order chi connectivity index (χ0) is 13.4. The summed E-state index contributed by atoms with van der Waals surface area (Å²) < 4.78 is 11.0. The van der Waals surface area contributed by atoms with Crippen LogP contribution in [-0.2, 0) is 4.74 Å². The first-order chi connectivity index (χ1) is 9.19. The molecule has 0 bridgehead atoms. The molecule has 0 N–H and O–H groups in total. The predicted octanol–water partition coefficient (Wildman–Crippen LogP) is 1.48. The predicted molar refractivity (Wildman–Crippen MR) is 66.2 cm³/mol. The van der Waals surface area contributed by atoms with Crippen LogP contribution in [0.3, 0.4) is 0 Å². The molecule has 3 atom stereocenters. The van der Waals surface area contributed by atoms with E-state index in [0.29, 0.717) is 24.4 Å². The normalized spacial score (nSPS) is 31.4. The minimum absolute atomic E-state index is 0.0488. The Morgan fingerprint density at radius 3 is 3.00 bits per heavy atom. The van der Waals surface area contributed by atoms with Crippen molar-refractivity contribution in [3.8, 4) is 6.07 Å². The SMILES string of the molecule is CC(C)N1CCOC(c2noc(C3CC3C#N)n2)C1. The molecule has 102 valence electrons. The van der Waals surface area contributed by atoms with E-state index in [9.17, 15) is 0 Å². The molecular weight excluding hydrogens is 244 g/mol. The monoisotopic (exact) mass is 262 g/mol. The highest BCUT2D eigenvalue weighted by Crippen LogP contribution is 2.46. The zero-order valence-electron chi connectivity index (χ0n) is 11.2. The van der Waals surface area contributed by atoms with Crippen LogP contribution in [0.4, 0.5) is 0 Å². The maximum atomic E-state index is 8.82. The fourth-order valence-corrected chi connectivity index (χ4v) is 2.43. The molecular formula is C13H18N4O2. The van der Waals surface area contributed by atoms with Crippen molar-refractivity contribution < 1.29 is 9.26 Å². The van der Waals surface area contributed by atoms with E-state index >= 15 is 0 Å². The van der Waals surface area contributed by atoms with Crippen molar-refractivity contribution in [2.75, 3.05) is 19.7 Å². The fraction of sp³-hybridized carbons (Fsp3) is 0.769. The molecule has 3 unspecified atom stereocenters. The van der Waals surface area contributed by atoms with E-state index in [2.05, 4.69) is 35.0 Å². The maximum absolute atomic E-state index is 8.82. The first-order valence-corrected chi connectivity index (χ1v) is 6.77. The Kier molecular flexibility index (Phi) is 3.25. The molecule has 3 rings (SSSR count). The Morgan fingerprint density at radius 1 is 1.47 bits per heavy atom. The molecule has 1 aliphatic carbocycles. The van der Waals surface area contributed by atoms with Gasteiger partial charge in [0, 0.05) is 19.1 Å². The first kappa shape index (κ1) is 12.6. The molecule has 0 radical (unpaired) electrons. The Hall–Kier alpha value is -1.45. The number of morpholine rings is 1. The summed E-state index contributed by atoms with van der Waals surface area (Å²) >= 11 is 0. The third kappa shape index (κ3) is 2.48. The molecule has 1 saturated heterocycles. The van der Waals surface area contributed by atoms with Crippen molar-refractivity contribution in [2.45, 2.75) is 38.3 Å². The van der Waals surface area contributed by atoms with Gasteiger partial charge < -0.3 is 9.26 Å². The minimum Gasteiger partial charge on any atom is -0.367 e. The summed E-state index contributed by atoms with van der Waals surface area (Å²) in [6, 6.07) is 2.72. The van der Waals surface area contributed by atoms with Gasteiger partial charge in [0.25, 0.3) is 0 Å². The third-order valence-corrected chi connectivity index (χ3v) is 3.85. The Bertz CT molecular complexity index is 493. The van der Waals surface area contributed by atoms with E-state index in [0.717, 1.165) is 19.5 Å². The second-order valence-electron chi connectivity index (χ2n) is 5.52. The molecule has 6 nitrogen and oxygen atoms in total. The summed E-state index contributed by atoms with van der Waals surface area (Å²) in [5.41, 5.74) is 0. The van der Waals surface area contributed by atoms with Crippen LogP contribution in [0.15, 0.2) is 4.52 Å². The third-order valence-electron chi connectivity index (χ3n) is 3.85. The van der Waals surface area contributed by atoms with Crippen molar-refractivity contribution in [3.63, 3.8) is 0 Å². The highest BCUT2D eigenvalue weighted by atomic mass is 16.5. The van der Waals surface area contributed by atoms with Crippen LogP contribution in [-0.4, -0.2) is 40.8 Å². The summed E-state index contributed by atoms with van der Waals surface area (Å²) in [4.78, 5) is 6.75. The first-order valence-electron chi connectivity index (χ1n) is 6.77. The van der Waals surface area contributed by atoms with Crippen molar-refractivity contribution in [3.05, 3.63) is 11.7 Å². The van der Waals surface area contributed by atoms with E-state index in [4.69, 9.17) is 14.5 Å².